The molecule has 1 aliphatic heterocycles. The summed E-state index contributed by atoms with van der Waals surface area (Å²) >= 11 is 0. The van der Waals surface area contributed by atoms with Crippen LogP contribution in [-0.4, -0.2) is 47.2 Å². The van der Waals surface area contributed by atoms with Gasteiger partial charge in [0.25, 0.3) is 0 Å². The minimum absolute atomic E-state index is 0.00485. The minimum atomic E-state index is -1.21. The summed E-state index contributed by atoms with van der Waals surface area (Å²) in [6, 6.07) is 18.7. The van der Waals surface area contributed by atoms with Gasteiger partial charge < -0.3 is 15.1 Å². The van der Waals surface area contributed by atoms with Gasteiger partial charge in [-0.15, -0.1) is 0 Å². The quantitative estimate of drug-likeness (QED) is 0.779. The molecule has 2 N–H and O–H groups in total. The third-order valence-corrected chi connectivity index (χ3v) is 6.46. The molecular weight excluding hydrogens is 366 g/mol. The molecule has 0 bridgehead atoms. The zero-order chi connectivity index (χ0) is 20.5. The molecule has 1 saturated heterocycles. The molecule has 0 aromatic heterocycles. The normalized spacial score (nSPS) is 27.0. The summed E-state index contributed by atoms with van der Waals surface area (Å²) in [5.41, 5.74) is 3.78. The van der Waals surface area contributed by atoms with E-state index in [1.165, 1.54) is 16.7 Å². The molecule has 0 amide bonds. The number of likely N-dealkylation sites (tertiary alicyclic amines) is 1. The van der Waals surface area contributed by atoms with E-state index in [4.69, 9.17) is 0 Å². The number of fused-ring (bicyclic) bond motifs is 3. The van der Waals surface area contributed by atoms with E-state index in [1.54, 1.807) is 0 Å². The van der Waals surface area contributed by atoms with Crippen molar-refractivity contribution in [3.63, 3.8) is 0 Å². The molecule has 1 heterocycles. The monoisotopic (exact) mass is 391 g/mol. The number of carboxylic acids is 2. The molecule has 1 fully saturated rings. The highest BCUT2D eigenvalue weighted by molar-refractivity contribution is 5.95. The zero-order valence-electron chi connectivity index (χ0n) is 16.4. The summed E-state index contributed by atoms with van der Waals surface area (Å²) < 4.78 is 0. The second-order valence-corrected chi connectivity index (χ2v) is 8.17. The average Bonchev–Trinajstić information content (AvgIpc) is 2.71. The highest BCUT2D eigenvalue weighted by atomic mass is 16.4. The second-order valence-electron chi connectivity index (χ2n) is 8.17. The van der Waals surface area contributed by atoms with Crippen LogP contribution in [0.2, 0.25) is 0 Å². The van der Waals surface area contributed by atoms with Gasteiger partial charge >= 0.3 is 11.9 Å². The number of rotatable bonds is 4. The van der Waals surface area contributed by atoms with Crippen molar-refractivity contribution in [2.75, 3.05) is 20.1 Å². The summed E-state index contributed by atoms with van der Waals surface area (Å²) in [7, 11) is 1.98. The molecule has 0 saturated carbocycles. The van der Waals surface area contributed by atoms with E-state index in [9.17, 15) is 19.8 Å². The standard InChI is InChI=1S/C24H25NO4/c1-25-13-21-17-10-6-5-9-16(17)18(15-7-3-2-4-8-15)11-19(21)22(14-25)20(24(28)29)12-23(26)27/h2-10,12,18-19,21-22H,11,13-14H2,1H3,(H,26,27)(H,28,29)/t18-,19-,21+,22?/m0/s1. The van der Waals surface area contributed by atoms with Crippen LogP contribution in [0, 0.1) is 11.8 Å². The number of piperidine rings is 1. The van der Waals surface area contributed by atoms with Crippen LogP contribution in [0.5, 0.6) is 0 Å². The van der Waals surface area contributed by atoms with E-state index in [0.717, 1.165) is 19.0 Å². The smallest absolute Gasteiger partial charge is 0.332 e. The van der Waals surface area contributed by atoms with Crippen LogP contribution >= 0.6 is 0 Å². The third-order valence-electron chi connectivity index (χ3n) is 6.46. The van der Waals surface area contributed by atoms with Gasteiger partial charge in [-0.25, -0.2) is 9.59 Å². The van der Waals surface area contributed by atoms with Crippen LogP contribution in [0.25, 0.3) is 0 Å². The molecule has 2 aromatic carbocycles. The molecule has 1 aliphatic carbocycles. The maximum Gasteiger partial charge on any atom is 0.332 e. The van der Waals surface area contributed by atoms with Crippen LogP contribution in [0.4, 0.5) is 0 Å². The van der Waals surface area contributed by atoms with Crippen molar-refractivity contribution >= 4 is 11.9 Å². The zero-order valence-corrected chi connectivity index (χ0v) is 16.4. The van der Waals surface area contributed by atoms with Crippen molar-refractivity contribution in [1.29, 1.82) is 0 Å². The van der Waals surface area contributed by atoms with Crippen molar-refractivity contribution in [3.8, 4) is 0 Å². The van der Waals surface area contributed by atoms with Gasteiger partial charge in [0.2, 0.25) is 0 Å². The SMILES string of the molecule is CN1CC(C(=CC(=O)O)C(=O)O)[C@H]2C[C@@H](c3ccccc3)c3ccccc3[C@H]2C1. The second kappa shape index (κ2) is 7.84. The molecule has 1 unspecified atom stereocenters. The topological polar surface area (TPSA) is 77.8 Å². The Balaban J connectivity index is 1.83. The molecule has 2 aromatic rings. The number of hydrogen-bond donors (Lipinski definition) is 2. The Morgan fingerprint density at radius 1 is 0.966 bits per heavy atom. The fourth-order valence-corrected chi connectivity index (χ4v) is 5.31. The molecular formula is C24H25NO4. The van der Waals surface area contributed by atoms with Crippen LogP contribution in [0.15, 0.2) is 66.2 Å². The summed E-state index contributed by atoms with van der Waals surface area (Å²) in [5, 5.41) is 19.0. The lowest BCUT2D eigenvalue weighted by Crippen LogP contribution is -2.47. The lowest BCUT2D eigenvalue weighted by atomic mass is 9.61. The van der Waals surface area contributed by atoms with E-state index in [1.807, 2.05) is 31.3 Å². The van der Waals surface area contributed by atoms with Gasteiger partial charge in [0.1, 0.15) is 0 Å². The molecule has 150 valence electrons. The largest absolute Gasteiger partial charge is 0.478 e. The summed E-state index contributed by atoms with van der Waals surface area (Å²) in [6.07, 6.45) is 1.70. The molecule has 4 atom stereocenters. The first-order chi connectivity index (χ1) is 14.0. The van der Waals surface area contributed by atoms with Crippen LogP contribution in [-0.2, 0) is 9.59 Å². The number of nitrogens with zero attached hydrogens (tertiary/aromatic N) is 1. The Morgan fingerprint density at radius 3 is 2.28 bits per heavy atom. The first-order valence-electron chi connectivity index (χ1n) is 9.95. The van der Waals surface area contributed by atoms with Crippen molar-refractivity contribution in [2.24, 2.45) is 11.8 Å². The Bertz CT molecular complexity index is 952. The highest BCUT2D eigenvalue weighted by Crippen LogP contribution is 2.51. The molecule has 0 radical (unpaired) electrons. The molecule has 29 heavy (non-hydrogen) atoms. The van der Waals surface area contributed by atoms with Crippen molar-refractivity contribution < 1.29 is 19.8 Å². The number of likely N-dealkylation sites (N-methyl/N-ethyl adjacent to an activating group) is 1. The third kappa shape index (κ3) is 3.70. The van der Waals surface area contributed by atoms with Crippen molar-refractivity contribution in [1.82, 2.24) is 4.90 Å². The maximum absolute atomic E-state index is 12.0. The number of benzene rings is 2. The molecule has 5 nitrogen and oxygen atoms in total. The first-order valence-corrected chi connectivity index (χ1v) is 9.95. The summed E-state index contributed by atoms with van der Waals surface area (Å²) in [4.78, 5) is 25.4. The fraction of sp³-hybridized carbons (Fsp3) is 0.333. The molecule has 4 rings (SSSR count). The lowest BCUT2D eigenvalue weighted by Gasteiger charge is -2.48. The minimum Gasteiger partial charge on any atom is -0.478 e. The van der Waals surface area contributed by atoms with Crippen molar-refractivity contribution in [3.05, 3.63) is 82.9 Å². The summed E-state index contributed by atoms with van der Waals surface area (Å²) in [6.45, 7) is 1.40. The van der Waals surface area contributed by atoms with Gasteiger partial charge in [0, 0.05) is 42.5 Å². The highest BCUT2D eigenvalue weighted by Gasteiger charge is 2.45. The number of aliphatic carboxylic acids is 2. The Labute approximate surface area is 170 Å². The lowest BCUT2D eigenvalue weighted by molar-refractivity contribution is -0.136. The Kier molecular flexibility index (Phi) is 5.24. The fourth-order valence-electron chi connectivity index (χ4n) is 5.31. The van der Waals surface area contributed by atoms with Crippen LogP contribution in [0.3, 0.4) is 0 Å². The van der Waals surface area contributed by atoms with Gasteiger partial charge in [-0.05, 0) is 36.1 Å². The molecule has 5 heteroatoms. The predicted molar refractivity (Wildman–Crippen MR) is 110 cm³/mol. The number of hydrogen-bond acceptors (Lipinski definition) is 3. The van der Waals surface area contributed by atoms with E-state index < -0.39 is 11.9 Å². The number of carbonyl (C=O) groups is 2. The molecule has 2 aliphatic rings. The van der Waals surface area contributed by atoms with Crippen LogP contribution in [0.1, 0.15) is 34.9 Å². The Hall–Kier alpha value is -2.92. The van der Waals surface area contributed by atoms with Gasteiger partial charge in [-0.3, -0.25) is 0 Å². The van der Waals surface area contributed by atoms with Crippen LogP contribution < -0.4 is 0 Å². The van der Waals surface area contributed by atoms with Gasteiger partial charge in [-0.2, -0.15) is 0 Å². The Morgan fingerprint density at radius 2 is 1.62 bits per heavy atom. The van der Waals surface area contributed by atoms with E-state index >= 15 is 0 Å². The van der Waals surface area contributed by atoms with E-state index in [0.29, 0.717) is 6.54 Å². The number of carboxylic acid groups (broad SMARTS) is 2. The van der Waals surface area contributed by atoms with Gasteiger partial charge in [0.15, 0.2) is 0 Å². The predicted octanol–water partition coefficient (Wildman–Crippen LogP) is 3.58. The van der Waals surface area contributed by atoms with Gasteiger partial charge in [-0.1, -0.05) is 54.6 Å². The maximum atomic E-state index is 12.0. The van der Waals surface area contributed by atoms with E-state index in [2.05, 4.69) is 35.2 Å². The van der Waals surface area contributed by atoms with Gasteiger partial charge in [0.05, 0.1) is 0 Å². The average molecular weight is 391 g/mol. The first kappa shape index (κ1) is 19.4. The van der Waals surface area contributed by atoms with Crippen molar-refractivity contribution in [2.45, 2.75) is 18.3 Å². The van der Waals surface area contributed by atoms with E-state index in [-0.39, 0.29) is 29.2 Å². The summed E-state index contributed by atoms with van der Waals surface area (Å²) in [5.74, 6) is -2.23. The molecule has 0 spiro atoms.